The van der Waals surface area contributed by atoms with Crippen molar-refractivity contribution in [1.82, 2.24) is 4.90 Å². The van der Waals surface area contributed by atoms with E-state index in [1.54, 1.807) is 6.92 Å². The van der Waals surface area contributed by atoms with Gasteiger partial charge in [0.25, 0.3) is 0 Å². The first kappa shape index (κ1) is 32.5. The number of sulfone groups is 1. The van der Waals surface area contributed by atoms with Gasteiger partial charge in [-0.2, -0.15) is 26.3 Å². The molecule has 5 rings (SSSR count). The van der Waals surface area contributed by atoms with E-state index < -0.39 is 50.0 Å². The normalized spacial score (nSPS) is 23.4. The van der Waals surface area contributed by atoms with Gasteiger partial charge in [0.15, 0.2) is 9.84 Å². The standard InChI is InChI=1S/C30H32F8N2O3S/c1-2-15-39-18-25-27(44(42,43)22-11-9-21(31)10-12-22,14-16-40(25)26(41)19-6-4-3-5-7-19)23-13-8-20(17-24(23)39)28(32,29(33,34)35)30(36,37)38/h8-13,17,19,25H,2-7,14-16,18H2,1H3. The number of hydrogen-bond acceptors (Lipinski definition) is 4. The summed E-state index contributed by atoms with van der Waals surface area (Å²) in [5.41, 5.74) is -7.85. The second kappa shape index (κ2) is 11.2. The van der Waals surface area contributed by atoms with Crippen molar-refractivity contribution in [2.75, 3.05) is 24.5 Å². The van der Waals surface area contributed by atoms with Gasteiger partial charge in [0.1, 0.15) is 10.6 Å². The Hall–Kier alpha value is -2.90. The van der Waals surface area contributed by atoms with E-state index in [0.717, 1.165) is 49.6 Å². The molecule has 1 saturated heterocycles. The van der Waals surface area contributed by atoms with Crippen LogP contribution in [-0.4, -0.2) is 57.3 Å². The summed E-state index contributed by atoms with van der Waals surface area (Å²) >= 11 is 0. The van der Waals surface area contributed by atoms with Gasteiger partial charge in [-0.15, -0.1) is 0 Å². The van der Waals surface area contributed by atoms with E-state index >= 15 is 4.39 Å². The van der Waals surface area contributed by atoms with E-state index in [4.69, 9.17) is 0 Å². The topological polar surface area (TPSA) is 57.7 Å². The van der Waals surface area contributed by atoms with E-state index in [1.165, 1.54) is 9.80 Å². The largest absolute Gasteiger partial charge is 0.435 e. The molecule has 5 nitrogen and oxygen atoms in total. The molecule has 0 N–H and O–H groups in total. The number of likely N-dealkylation sites (tertiary alicyclic amines) is 1. The average molecular weight is 653 g/mol. The number of carbonyl (C=O) groups is 1. The maximum Gasteiger partial charge on any atom is 0.435 e. The van der Waals surface area contributed by atoms with Crippen molar-refractivity contribution in [3.8, 4) is 0 Å². The van der Waals surface area contributed by atoms with Gasteiger partial charge < -0.3 is 9.80 Å². The molecule has 2 unspecified atom stereocenters. The Labute approximate surface area is 250 Å². The predicted octanol–water partition coefficient (Wildman–Crippen LogP) is 7.20. The molecule has 2 atom stereocenters. The molecule has 0 aromatic heterocycles. The highest BCUT2D eigenvalue weighted by atomic mass is 32.2. The van der Waals surface area contributed by atoms with Gasteiger partial charge in [0, 0.05) is 36.8 Å². The van der Waals surface area contributed by atoms with Gasteiger partial charge in [-0.3, -0.25) is 4.79 Å². The van der Waals surface area contributed by atoms with Crippen LogP contribution in [0, 0.1) is 11.7 Å². The van der Waals surface area contributed by atoms with Crippen molar-refractivity contribution in [3.63, 3.8) is 0 Å². The number of anilines is 1. The number of amides is 1. The molecule has 0 spiro atoms. The zero-order valence-corrected chi connectivity index (χ0v) is 24.6. The number of carbonyl (C=O) groups excluding carboxylic acids is 1. The van der Waals surface area contributed by atoms with Crippen LogP contribution in [0.25, 0.3) is 0 Å². The van der Waals surface area contributed by atoms with Gasteiger partial charge in [0.05, 0.1) is 10.9 Å². The Morgan fingerprint density at radius 1 is 0.932 bits per heavy atom. The summed E-state index contributed by atoms with van der Waals surface area (Å²) in [7, 11) is -4.56. The zero-order valence-electron chi connectivity index (χ0n) is 23.8. The number of halogens is 8. The lowest BCUT2D eigenvalue weighted by atomic mass is 9.82. The minimum Gasteiger partial charge on any atom is -0.369 e. The van der Waals surface area contributed by atoms with Crippen LogP contribution in [0.2, 0.25) is 0 Å². The van der Waals surface area contributed by atoms with Crippen LogP contribution < -0.4 is 4.90 Å². The first-order valence-corrected chi connectivity index (χ1v) is 16.0. The quantitative estimate of drug-likeness (QED) is 0.245. The third-order valence-corrected chi connectivity index (χ3v) is 11.9. The zero-order chi connectivity index (χ0) is 32.3. The second-order valence-corrected chi connectivity index (χ2v) is 14.0. The lowest BCUT2D eigenvalue weighted by Gasteiger charge is -2.48. The summed E-state index contributed by atoms with van der Waals surface area (Å²) in [6.45, 7) is 1.55. The van der Waals surface area contributed by atoms with Crippen LogP contribution in [0.1, 0.15) is 63.0 Å². The monoisotopic (exact) mass is 652 g/mol. The maximum absolute atomic E-state index is 15.2. The van der Waals surface area contributed by atoms with E-state index in [2.05, 4.69) is 0 Å². The molecule has 2 aromatic rings. The summed E-state index contributed by atoms with van der Waals surface area (Å²) in [6.07, 6.45) is -8.72. The summed E-state index contributed by atoms with van der Waals surface area (Å²) in [5, 5.41) is 0. The van der Waals surface area contributed by atoms with E-state index in [0.29, 0.717) is 31.4 Å². The fourth-order valence-electron chi connectivity index (χ4n) is 7.19. The third-order valence-electron chi connectivity index (χ3n) is 9.34. The van der Waals surface area contributed by atoms with Crippen molar-refractivity contribution in [2.45, 2.75) is 85.6 Å². The van der Waals surface area contributed by atoms with Crippen molar-refractivity contribution in [3.05, 3.63) is 59.4 Å². The minimum absolute atomic E-state index is 0.0280. The molecule has 2 heterocycles. The fraction of sp³-hybridized carbons (Fsp3) is 0.567. The highest BCUT2D eigenvalue weighted by Gasteiger charge is 2.74. The molecule has 14 heteroatoms. The first-order chi connectivity index (χ1) is 20.5. The third kappa shape index (κ3) is 4.86. The Morgan fingerprint density at radius 3 is 2.11 bits per heavy atom. The molecule has 1 aliphatic carbocycles. The van der Waals surface area contributed by atoms with Gasteiger partial charge in [-0.05, 0) is 61.6 Å². The van der Waals surface area contributed by atoms with Crippen LogP contribution in [0.3, 0.4) is 0 Å². The molecule has 1 saturated carbocycles. The number of nitrogens with zero attached hydrogens (tertiary/aromatic N) is 2. The highest BCUT2D eigenvalue weighted by Crippen LogP contribution is 2.58. The molecule has 2 fully saturated rings. The predicted molar refractivity (Wildman–Crippen MR) is 146 cm³/mol. The smallest absolute Gasteiger partial charge is 0.369 e. The Bertz CT molecular complexity index is 1490. The van der Waals surface area contributed by atoms with Crippen molar-refractivity contribution >= 4 is 21.4 Å². The first-order valence-electron chi connectivity index (χ1n) is 14.5. The van der Waals surface area contributed by atoms with Crippen LogP contribution in [0.15, 0.2) is 47.4 Å². The van der Waals surface area contributed by atoms with Gasteiger partial charge >= 0.3 is 18.0 Å². The molecule has 0 radical (unpaired) electrons. The van der Waals surface area contributed by atoms with Crippen LogP contribution >= 0.6 is 0 Å². The van der Waals surface area contributed by atoms with Gasteiger partial charge in [-0.25, -0.2) is 17.2 Å². The molecule has 0 bridgehead atoms. The van der Waals surface area contributed by atoms with Crippen molar-refractivity contribution < 1.29 is 48.3 Å². The Kier molecular flexibility index (Phi) is 8.24. The summed E-state index contributed by atoms with van der Waals surface area (Å²) < 4.78 is 139. The SMILES string of the molecule is CCCN1CC2N(C(=O)C3CCCCC3)CCC2(S(=O)(=O)c2ccc(F)cc2)c2ccc(C(F)(C(F)(F)F)C(F)(F)F)cc21. The summed E-state index contributed by atoms with van der Waals surface area (Å²) in [4.78, 5) is 16.5. The molecule has 2 aliphatic heterocycles. The molecule has 2 aromatic carbocycles. The second-order valence-electron chi connectivity index (χ2n) is 11.8. The maximum atomic E-state index is 15.2. The minimum atomic E-state index is -6.36. The Balaban J connectivity index is 1.75. The highest BCUT2D eigenvalue weighted by molar-refractivity contribution is 7.92. The van der Waals surface area contributed by atoms with E-state index in [-0.39, 0.29) is 54.0 Å². The van der Waals surface area contributed by atoms with Crippen LogP contribution in [0.5, 0.6) is 0 Å². The van der Waals surface area contributed by atoms with Gasteiger partial charge in [-0.1, -0.05) is 38.3 Å². The number of rotatable bonds is 6. The molecule has 242 valence electrons. The molecule has 44 heavy (non-hydrogen) atoms. The Morgan fingerprint density at radius 2 is 1.55 bits per heavy atom. The number of hydrogen-bond donors (Lipinski definition) is 0. The molecular formula is C30H32F8N2O3S. The van der Waals surface area contributed by atoms with Gasteiger partial charge in [0.2, 0.25) is 5.91 Å². The lowest BCUT2D eigenvalue weighted by molar-refractivity contribution is -0.348. The molecular weight excluding hydrogens is 620 g/mol. The fourth-order valence-corrected chi connectivity index (χ4v) is 9.49. The van der Waals surface area contributed by atoms with Crippen molar-refractivity contribution in [1.29, 1.82) is 0 Å². The summed E-state index contributed by atoms with van der Waals surface area (Å²) in [6, 6.07) is 4.47. The summed E-state index contributed by atoms with van der Waals surface area (Å²) in [5.74, 6) is -1.32. The number of benzene rings is 2. The van der Waals surface area contributed by atoms with Crippen molar-refractivity contribution in [2.24, 2.45) is 5.92 Å². The lowest BCUT2D eigenvalue weighted by Crippen LogP contribution is -2.59. The average Bonchev–Trinajstić information content (AvgIpc) is 3.37. The van der Waals surface area contributed by atoms with E-state index in [9.17, 15) is 43.9 Å². The number of alkyl halides is 7. The van der Waals surface area contributed by atoms with Crippen LogP contribution in [-0.2, 0) is 25.0 Å². The molecule has 1 amide bonds. The molecule has 3 aliphatic rings. The van der Waals surface area contributed by atoms with E-state index in [1.807, 2.05) is 0 Å². The van der Waals surface area contributed by atoms with Crippen LogP contribution in [0.4, 0.5) is 40.8 Å². The number of fused-ring (bicyclic) bond motifs is 3.